The van der Waals surface area contributed by atoms with Crippen LogP contribution >= 0.6 is 0 Å². The minimum atomic E-state index is -0.00979. The van der Waals surface area contributed by atoms with Crippen molar-refractivity contribution in [2.75, 3.05) is 0 Å². The van der Waals surface area contributed by atoms with Gasteiger partial charge in [-0.3, -0.25) is 0 Å². The van der Waals surface area contributed by atoms with Crippen LogP contribution in [0.3, 0.4) is 0 Å². The highest BCUT2D eigenvalue weighted by molar-refractivity contribution is 5.52. The highest BCUT2D eigenvalue weighted by atomic mass is 16.3. The molecule has 0 fully saturated rings. The van der Waals surface area contributed by atoms with Crippen LogP contribution in [0.25, 0.3) is 0 Å². The van der Waals surface area contributed by atoms with E-state index in [1.165, 1.54) is 11.1 Å². The molecule has 26 heavy (non-hydrogen) atoms. The Bertz CT molecular complexity index is 794. The average Bonchev–Trinajstić information content (AvgIpc) is 2.60. The van der Waals surface area contributed by atoms with E-state index in [0.717, 1.165) is 36.8 Å². The summed E-state index contributed by atoms with van der Waals surface area (Å²) < 4.78 is 0. The largest absolute Gasteiger partial charge is 0.507 e. The van der Waals surface area contributed by atoms with Gasteiger partial charge >= 0.3 is 0 Å². The highest BCUT2D eigenvalue weighted by Gasteiger charge is 2.30. The molecule has 0 heterocycles. The predicted octanol–water partition coefficient (Wildman–Crippen LogP) is 5.90. The summed E-state index contributed by atoms with van der Waals surface area (Å²) in [5, 5.41) is 21.4. The standard InChI is InChI=1S/C24H28O2/c1-16(2)20-12-9-17(3)13-21(20)24-22(25)14-19(15-23(24)26)11-10-18-7-5-4-6-8-18/h4-8,13-15,20-21,25-26H,1,9-12H2,2-3H3. The Morgan fingerprint density at radius 1 is 1.04 bits per heavy atom. The fourth-order valence-electron chi connectivity index (χ4n) is 4.01. The van der Waals surface area contributed by atoms with Gasteiger partial charge in [0.1, 0.15) is 11.5 Å². The van der Waals surface area contributed by atoms with Crippen molar-refractivity contribution in [3.05, 3.63) is 83.0 Å². The molecule has 2 unspecified atom stereocenters. The molecule has 1 aliphatic rings. The van der Waals surface area contributed by atoms with Crippen molar-refractivity contribution < 1.29 is 10.2 Å². The topological polar surface area (TPSA) is 40.5 Å². The zero-order valence-electron chi connectivity index (χ0n) is 15.7. The number of hydrogen-bond acceptors (Lipinski definition) is 2. The number of phenolic OH excluding ortho intramolecular Hbond substituents is 2. The summed E-state index contributed by atoms with van der Waals surface area (Å²) in [6.45, 7) is 8.28. The summed E-state index contributed by atoms with van der Waals surface area (Å²) in [5.74, 6) is 0.626. The first-order valence-corrected chi connectivity index (χ1v) is 9.37. The van der Waals surface area contributed by atoms with Crippen LogP contribution in [0.2, 0.25) is 0 Å². The molecule has 0 aromatic heterocycles. The van der Waals surface area contributed by atoms with Gasteiger partial charge in [0.15, 0.2) is 0 Å². The first-order valence-electron chi connectivity index (χ1n) is 9.37. The molecular weight excluding hydrogens is 320 g/mol. The third-order valence-electron chi connectivity index (χ3n) is 5.45. The third kappa shape index (κ3) is 4.01. The van der Waals surface area contributed by atoms with Crippen molar-refractivity contribution in [1.82, 2.24) is 0 Å². The molecule has 2 nitrogen and oxygen atoms in total. The fraction of sp³-hybridized carbons (Fsp3) is 0.333. The second-order valence-electron chi connectivity index (χ2n) is 7.56. The smallest absolute Gasteiger partial charge is 0.123 e. The average molecular weight is 348 g/mol. The van der Waals surface area contributed by atoms with E-state index < -0.39 is 0 Å². The summed E-state index contributed by atoms with van der Waals surface area (Å²) >= 11 is 0. The van der Waals surface area contributed by atoms with Gasteiger partial charge in [0, 0.05) is 11.5 Å². The van der Waals surface area contributed by atoms with Gasteiger partial charge in [-0.05, 0) is 68.7 Å². The Morgan fingerprint density at radius 2 is 1.65 bits per heavy atom. The van der Waals surface area contributed by atoms with Crippen LogP contribution < -0.4 is 0 Å². The van der Waals surface area contributed by atoms with E-state index >= 15 is 0 Å². The van der Waals surface area contributed by atoms with Crippen LogP contribution in [0, 0.1) is 5.92 Å². The molecule has 2 heteroatoms. The third-order valence-corrected chi connectivity index (χ3v) is 5.45. The SMILES string of the molecule is C=C(C)C1CCC(C)=CC1c1c(O)cc(CCc2ccccc2)cc1O. The lowest BCUT2D eigenvalue weighted by Crippen LogP contribution is -2.17. The zero-order chi connectivity index (χ0) is 18.7. The number of phenols is 2. The summed E-state index contributed by atoms with van der Waals surface area (Å²) in [4.78, 5) is 0. The highest BCUT2D eigenvalue weighted by Crippen LogP contribution is 2.46. The van der Waals surface area contributed by atoms with Crippen LogP contribution in [-0.4, -0.2) is 10.2 Å². The minimum absolute atomic E-state index is 0.00979. The van der Waals surface area contributed by atoms with Gasteiger partial charge in [-0.15, -0.1) is 0 Å². The molecule has 0 spiro atoms. The van der Waals surface area contributed by atoms with Crippen LogP contribution in [0.15, 0.2) is 66.3 Å². The summed E-state index contributed by atoms with van der Waals surface area (Å²) in [6.07, 6.45) is 5.91. The summed E-state index contributed by atoms with van der Waals surface area (Å²) in [7, 11) is 0. The van der Waals surface area contributed by atoms with Crippen LogP contribution in [0.4, 0.5) is 0 Å². The Hall–Kier alpha value is -2.48. The zero-order valence-corrected chi connectivity index (χ0v) is 15.7. The van der Waals surface area contributed by atoms with Crippen molar-refractivity contribution in [2.45, 2.75) is 45.4 Å². The fourth-order valence-corrected chi connectivity index (χ4v) is 4.01. The van der Waals surface area contributed by atoms with E-state index in [-0.39, 0.29) is 23.3 Å². The van der Waals surface area contributed by atoms with Crippen molar-refractivity contribution >= 4 is 0 Å². The van der Waals surface area contributed by atoms with Gasteiger partial charge < -0.3 is 10.2 Å². The van der Waals surface area contributed by atoms with E-state index in [1.54, 1.807) is 0 Å². The van der Waals surface area contributed by atoms with Gasteiger partial charge in [-0.25, -0.2) is 0 Å². The Kier molecular flexibility index (Phi) is 5.51. The molecule has 0 saturated heterocycles. The molecule has 2 aromatic carbocycles. The van der Waals surface area contributed by atoms with Crippen molar-refractivity contribution in [1.29, 1.82) is 0 Å². The number of rotatable bonds is 5. The molecule has 2 N–H and O–H groups in total. The number of allylic oxidation sites excluding steroid dienone is 3. The molecule has 0 bridgehead atoms. The minimum Gasteiger partial charge on any atom is -0.507 e. The van der Waals surface area contributed by atoms with E-state index in [1.807, 2.05) is 37.3 Å². The van der Waals surface area contributed by atoms with Gasteiger partial charge in [0.25, 0.3) is 0 Å². The number of aromatic hydroxyl groups is 2. The van der Waals surface area contributed by atoms with E-state index in [2.05, 4.69) is 31.7 Å². The predicted molar refractivity (Wildman–Crippen MR) is 108 cm³/mol. The maximum atomic E-state index is 10.7. The second kappa shape index (κ2) is 7.82. The number of benzene rings is 2. The van der Waals surface area contributed by atoms with Crippen molar-refractivity contribution in [2.24, 2.45) is 5.92 Å². The summed E-state index contributed by atoms with van der Waals surface area (Å²) in [6, 6.07) is 13.9. The maximum Gasteiger partial charge on any atom is 0.123 e. The molecule has 0 amide bonds. The molecule has 2 atom stereocenters. The molecule has 136 valence electrons. The van der Waals surface area contributed by atoms with E-state index in [9.17, 15) is 10.2 Å². The normalized spacial score (nSPS) is 19.8. The Labute approximate surface area is 156 Å². The van der Waals surface area contributed by atoms with Gasteiger partial charge in [-0.1, -0.05) is 54.1 Å². The summed E-state index contributed by atoms with van der Waals surface area (Å²) in [5.41, 5.74) is 5.25. The molecule has 2 aromatic rings. The molecule has 3 rings (SSSR count). The van der Waals surface area contributed by atoms with Gasteiger partial charge in [-0.2, -0.15) is 0 Å². The lowest BCUT2D eigenvalue weighted by atomic mass is 9.73. The van der Waals surface area contributed by atoms with Crippen LogP contribution in [0.5, 0.6) is 11.5 Å². The van der Waals surface area contributed by atoms with Crippen LogP contribution in [-0.2, 0) is 12.8 Å². The lowest BCUT2D eigenvalue weighted by Gasteiger charge is -2.31. The monoisotopic (exact) mass is 348 g/mol. The first kappa shape index (κ1) is 18.3. The number of hydrogen-bond donors (Lipinski definition) is 2. The van der Waals surface area contributed by atoms with Crippen molar-refractivity contribution in [3.8, 4) is 11.5 Å². The molecule has 0 saturated carbocycles. The Morgan fingerprint density at radius 3 is 2.27 bits per heavy atom. The van der Waals surface area contributed by atoms with E-state index in [0.29, 0.717) is 5.56 Å². The quantitative estimate of drug-likeness (QED) is 0.661. The second-order valence-corrected chi connectivity index (χ2v) is 7.56. The molecule has 0 radical (unpaired) electrons. The van der Waals surface area contributed by atoms with E-state index in [4.69, 9.17) is 0 Å². The molecule has 1 aliphatic carbocycles. The lowest BCUT2D eigenvalue weighted by molar-refractivity contribution is 0.406. The van der Waals surface area contributed by atoms with Crippen molar-refractivity contribution in [3.63, 3.8) is 0 Å². The van der Waals surface area contributed by atoms with Gasteiger partial charge in [0.05, 0.1) is 0 Å². The van der Waals surface area contributed by atoms with Gasteiger partial charge in [0.2, 0.25) is 0 Å². The first-order chi connectivity index (χ1) is 12.5. The maximum absolute atomic E-state index is 10.7. The number of aryl methyl sites for hydroxylation is 2. The Balaban J connectivity index is 1.87. The molecule has 0 aliphatic heterocycles. The molecular formula is C24H28O2. The van der Waals surface area contributed by atoms with Crippen LogP contribution in [0.1, 0.15) is 49.3 Å².